The maximum atomic E-state index is 12.1. The van der Waals surface area contributed by atoms with Gasteiger partial charge in [0.05, 0.1) is 17.0 Å². The number of thioether (sulfide) groups is 2. The van der Waals surface area contributed by atoms with Crippen molar-refractivity contribution in [2.75, 3.05) is 12.1 Å². The summed E-state index contributed by atoms with van der Waals surface area (Å²) in [4.78, 5) is 29.8. The normalized spacial score (nSPS) is 13.9. The highest BCUT2D eigenvalue weighted by atomic mass is 32.2. The van der Waals surface area contributed by atoms with E-state index in [0.29, 0.717) is 16.3 Å². The maximum absolute atomic E-state index is 12.1. The molecule has 1 aliphatic heterocycles. The molecule has 1 aromatic heterocycles. The van der Waals surface area contributed by atoms with Crippen molar-refractivity contribution in [1.82, 2.24) is 14.3 Å². The van der Waals surface area contributed by atoms with Crippen LogP contribution in [0.3, 0.4) is 0 Å². The summed E-state index contributed by atoms with van der Waals surface area (Å²) in [6.45, 7) is 0. The van der Waals surface area contributed by atoms with E-state index in [1.54, 1.807) is 24.3 Å². The highest BCUT2D eigenvalue weighted by molar-refractivity contribution is 8.01. The molecule has 0 saturated heterocycles. The van der Waals surface area contributed by atoms with Crippen molar-refractivity contribution in [1.29, 1.82) is 0 Å². The van der Waals surface area contributed by atoms with Gasteiger partial charge in [0.1, 0.15) is 0 Å². The molecule has 2 heterocycles. The Hall–Kier alpha value is -1.38. The molecule has 8 heteroatoms. The first-order valence-corrected chi connectivity index (χ1v) is 8.65. The zero-order valence-corrected chi connectivity index (χ0v) is 12.8. The van der Waals surface area contributed by atoms with E-state index in [0.717, 1.165) is 4.34 Å². The number of benzene rings is 1. The molecule has 0 bridgehead atoms. The molecule has 2 aromatic rings. The highest BCUT2D eigenvalue weighted by Crippen LogP contribution is 2.28. The number of aromatic nitrogens is 2. The van der Waals surface area contributed by atoms with Gasteiger partial charge in [0.2, 0.25) is 5.16 Å². The summed E-state index contributed by atoms with van der Waals surface area (Å²) in [5.41, 5.74) is 0.945. The SMILES string of the molecule is CSc1nsc(SCN2C(=O)c3ccccc3C2=O)n1. The number of hydrogen-bond donors (Lipinski definition) is 0. The minimum atomic E-state index is -0.243. The Morgan fingerprint density at radius 2 is 1.85 bits per heavy atom. The van der Waals surface area contributed by atoms with Crippen LogP contribution in [0.1, 0.15) is 20.7 Å². The average Bonchev–Trinajstić information content (AvgIpc) is 3.03. The molecule has 1 aromatic carbocycles. The van der Waals surface area contributed by atoms with Gasteiger partial charge in [-0.15, -0.1) is 0 Å². The molecule has 0 spiro atoms. The molecule has 102 valence electrons. The third kappa shape index (κ3) is 2.34. The van der Waals surface area contributed by atoms with Crippen LogP contribution in [0.2, 0.25) is 0 Å². The Balaban J connectivity index is 1.73. The topological polar surface area (TPSA) is 63.2 Å². The van der Waals surface area contributed by atoms with Gasteiger partial charge in [0, 0.05) is 0 Å². The van der Waals surface area contributed by atoms with Gasteiger partial charge in [-0.1, -0.05) is 35.7 Å². The van der Waals surface area contributed by atoms with Gasteiger partial charge in [-0.05, 0) is 29.9 Å². The summed E-state index contributed by atoms with van der Waals surface area (Å²) >= 11 is 4.09. The Labute approximate surface area is 127 Å². The largest absolute Gasteiger partial charge is 0.269 e. The number of fused-ring (bicyclic) bond motifs is 1. The van der Waals surface area contributed by atoms with Gasteiger partial charge >= 0.3 is 0 Å². The molecule has 0 aliphatic carbocycles. The van der Waals surface area contributed by atoms with Crippen LogP contribution in [-0.2, 0) is 0 Å². The molecular weight excluding hydrogens is 314 g/mol. The van der Waals surface area contributed by atoms with Crippen LogP contribution in [0.4, 0.5) is 0 Å². The predicted octanol–water partition coefficient (Wildman–Crippen LogP) is 2.61. The summed E-state index contributed by atoms with van der Waals surface area (Å²) < 4.78 is 4.90. The third-order valence-corrected chi connectivity index (χ3v) is 5.24. The summed E-state index contributed by atoms with van der Waals surface area (Å²) in [5, 5.41) is 0.708. The fourth-order valence-corrected chi connectivity index (χ4v) is 3.95. The van der Waals surface area contributed by atoms with Crippen molar-refractivity contribution in [2.24, 2.45) is 0 Å². The van der Waals surface area contributed by atoms with Crippen molar-refractivity contribution in [3.63, 3.8) is 0 Å². The quantitative estimate of drug-likeness (QED) is 0.636. The van der Waals surface area contributed by atoms with Crippen molar-refractivity contribution in [3.05, 3.63) is 35.4 Å². The van der Waals surface area contributed by atoms with E-state index in [-0.39, 0.29) is 17.7 Å². The number of carbonyl (C=O) groups is 2. The van der Waals surface area contributed by atoms with Gasteiger partial charge in [0.15, 0.2) is 4.34 Å². The summed E-state index contributed by atoms with van der Waals surface area (Å²) in [6, 6.07) is 6.88. The van der Waals surface area contributed by atoms with E-state index < -0.39 is 0 Å². The Bertz CT molecular complexity index is 651. The lowest BCUT2D eigenvalue weighted by Gasteiger charge is -2.11. The van der Waals surface area contributed by atoms with Gasteiger partial charge in [-0.2, -0.15) is 4.37 Å². The van der Waals surface area contributed by atoms with E-state index in [4.69, 9.17) is 0 Å². The molecule has 20 heavy (non-hydrogen) atoms. The van der Waals surface area contributed by atoms with Crippen molar-refractivity contribution in [3.8, 4) is 0 Å². The minimum absolute atomic E-state index is 0.243. The average molecular weight is 323 g/mol. The monoisotopic (exact) mass is 323 g/mol. The Morgan fingerprint density at radius 3 is 2.40 bits per heavy atom. The van der Waals surface area contributed by atoms with E-state index in [1.165, 1.54) is 40.0 Å². The van der Waals surface area contributed by atoms with Crippen LogP contribution in [-0.4, -0.2) is 38.2 Å². The zero-order valence-electron chi connectivity index (χ0n) is 10.4. The van der Waals surface area contributed by atoms with E-state index in [9.17, 15) is 9.59 Å². The second kappa shape index (κ2) is 5.55. The third-order valence-electron chi connectivity index (χ3n) is 2.77. The lowest BCUT2D eigenvalue weighted by molar-refractivity contribution is 0.0684. The van der Waals surface area contributed by atoms with E-state index in [2.05, 4.69) is 9.36 Å². The van der Waals surface area contributed by atoms with Gasteiger partial charge in [-0.25, -0.2) is 4.98 Å². The lowest BCUT2D eigenvalue weighted by atomic mass is 10.1. The summed E-state index contributed by atoms with van der Waals surface area (Å²) in [7, 11) is 0. The standard InChI is InChI=1S/C12H9N3O2S3/c1-18-11-13-12(20-14-11)19-6-15-9(16)7-4-2-3-5-8(7)10(15)17/h2-5H,6H2,1H3. The summed E-state index contributed by atoms with van der Waals surface area (Å²) in [5.74, 6) is -0.226. The molecule has 0 saturated carbocycles. The zero-order chi connectivity index (χ0) is 14.1. The number of hydrogen-bond acceptors (Lipinski definition) is 7. The molecule has 3 rings (SSSR count). The number of imide groups is 1. The number of nitrogens with zero attached hydrogens (tertiary/aromatic N) is 3. The van der Waals surface area contributed by atoms with Crippen LogP contribution in [0.25, 0.3) is 0 Å². The van der Waals surface area contributed by atoms with Crippen LogP contribution in [0, 0.1) is 0 Å². The predicted molar refractivity (Wildman–Crippen MR) is 79.4 cm³/mol. The molecule has 0 radical (unpaired) electrons. The molecule has 0 N–H and O–H groups in total. The van der Waals surface area contributed by atoms with Gasteiger partial charge < -0.3 is 0 Å². The smallest absolute Gasteiger partial charge is 0.262 e. The first kappa shape index (κ1) is 13.6. The van der Waals surface area contributed by atoms with Gasteiger partial charge in [0.25, 0.3) is 11.8 Å². The second-order valence-corrected chi connectivity index (χ2v) is 6.62. The lowest BCUT2D eigenvalue weighted by Crippen LogP contribution is -2.29. The van der Waals surface area contributed by atoms with Crippen molar-refractivity contribution < 1.29 is 9.59 Å². The fourth-order valence-electron chi connectivity index (χ4n) is 1.81. The maximum Gasteiger partial charge on any atom is 0.262 e. The molecule has 1 aliphatic rings. The molecule has 2 amide bonds. The van der Waals surface area contributed by atoms with Crippen LogP contribution in [0.5, 0.6) is 0 Å². The van der Waals surface area contributed by atoms with Crippen molar-refractivity contribution >= 4 is 46.9 Å². The second-order valence-electron chi connectivity index (χ2n) is 3.90. The fraction of sp³-hybridized carbons (Fsp3) is 0.167. The van der Waals surface area contributed by atoms with Crippen molar-refractivity contribution in [2.45, 2.75) is 9.50 Å². The first-order chi connectivity index (χ1) is 9.70. The molecule has 0 unspecified atom stereocenters. The molecule has 5 nitrogen and oxygen atoms in total. The number of rotatable bonds is 4. The highest BCUT2D eigenvalue weighted by Gasteiger charge is 2.35. The van der Waals surface area contributed by atoms with Crippen LogP contribution >= 0.6 is 35.1 Å². The van der Waals surface area contributed by atoms with Crippen LogP contribution < -0.4 is 0 Å². The molecular formula is C12H9N3O2S3. The number of amides is 2. The first-order valence-electron chi connectivity index (χ1n) is 5.66. The minimum Gasteiger partial charge on any atom is -0.269 e. The Morgan fingerprint density at radius 1 is 1.20 bits per heavy atom. The Kier molecular flexibility index (Phi) is 3.77. The number of carbonyl (C=O) groups excluding carboxylic acids is 2. The molecule has 0 atom stereocenters. The van der Waals surface area contributed by atoms with E-state index in [1.807, 2.05) is 6.26 Å². The molecule has 0 fully saturated rings. The summed E-state index contributed by atoms with van der Waals surface area (Å²) in [6.07, 6.45) is 1.90. The van der Waals surface area contributed by atoms with Gasteiger partial charge in [-0.3, -0.25) is 14.5 Å². The van der Waals surface area contributed by atoms with Crippen LogP contribution in [0.15, 0.2) is 33.8 Å². The van der Waals surface area contributed by atoms with E-state index >= 15 is 0 Å².